The summed E-state index contributed by atoms with van der Waals surface area (Å²) in [4.78, 5) is 26.2. The van der Waals surface area contributed by atoms with Crippen LogP contribution in [0.3, 0.4) is 0 Å². The minimum absolute atomic E-state index is 0.0722. The number of cyclic esters (lactones) is 1. The summed E-state index contributed by atoms with van der Waals surface area (Å²) in [6, 6.07) is 14.1. The van der Waals surface area contributed by atoms with Crippen molar-refractivity contribution in [3.63, 3.8) is 0 Å². The third kappa shape index (κ3) is 4.62. The van der Waals surface area contributed by atoms with Gasteiger partial charge in [-0.05, 0) is 43.3 Å². The first-order chi connectivity index (χ1) is 15.8. The Labute approximate surface area is 197 Å². The molecule has 0 unspecified atom stereocenters. The van der Waals surface area contributed by atoms with Crippen LogP contribution in [-0.2, 0) is 19.6 Å². The SMILES string of the molecule is Cc1ccc(S(=O)(=O)N2C(=S)N[C@H](C(=O)N3CCOC3=O)[C@@H]2C/C=C/c2ccccc2)cc1. The molecule has 0 radical (unpaired) electrons. The summed E-state index contributed by atoms with van der Waals surface area (Å²) >= 11 is 5.36. The molecule has 2 heterocycles. The minimum Gasteiger partial charge on any atom is -0.447 e. The largest absolute Gasteiger partial charge is 0.447 e. The van der Waals surface area contributed by atoms with Crippen molar-refractivity contribution in [2.24, 2.45) is 0 Å². The van der Waals surface area contributed by atoms with Gasteiger partial charge in [0.1, 0.15) is 12.6 Å². The molecule has 2 aliphatic rings. The number of thiocarbonyl (C=S) groups is 1. The maximum absolute atomic E-state index is 13.5. The Bertz CT molecular complexity index is 1200. The Morgan fingerprint density at radius 2 is 1.88 bits per heavy atom. The summed E-state index contributed by atoms with van der Waals surface area (Å²) in [5.74, 6) is -0.570. The Hall–Kier alpha value is -3.24. The molecule has 2 amide bonds. The first kappa shape index (κ1) is 22.9. The van der Waals surface area contributed by atoms with Crippen molar-refractivity contribution >= 4 is 45.4 Å². The van der Waals surface area contributed by atoms with Gasteiger partial charge in [-0.3, -0.25) is 4.79 Å². The number of nitrogens with one attached hydrogen (secondary N) is 1. The lowest BCUT2D eigenvalue weighted by atomic mass is 10.0. The lowest BCUT2D eigenvalue weighted by Crippen LogP contribution is -2.50. The highest BCUT2D eigenvalue weighted by Crippen LogP contribution is 2.28. The van der Waals surface area contributed by atoms with Gasteiger partial charge in [-0.1, -0.05) is 60.2 Å². The molecule has 0 aromatic heterocycles. The number of benzene rings is 2. The Kier molecular flexibility index (Phi) is 6.48. The third-order valence-electron chi connectivity index (χ3n) is 5.52. The van der Waals surface area contributed by atoms with Crippen LogP contribution in [-0.4, -0.2) is 60.0 Å². The summed E-state index contributed by atoms with van der Waals surface area (Å²) in [6.45, 7) is 2.07. The number of carbonyl (C=O) groups is 2. The van der Waals surface area contributed by atoms with Crippen LogP contribution < -0.4 is 5.32 Å². The van der Waals surface area contributed by atoms with E-state index >= 15 is 0 Å². The fourth-order valence-electron chi connectivity index (χ4n) is 3.82. The van der Waals surface area contributed by atoms with E-state index in [4.69, 9.17) is 17.0 Å². The van der Waals surface area contributed by atoms with Gasteiger partial charge < -0.3 is 10.1 Å². The molecule has 2 aliphatic heterocycles. The molecule has 1 N–H and O–H groups in total. The van der Waals surface area contributed by atoms with E-state index < -0.39 is 34.1 Å². The van der Waals surface area contributed by atoms with Gasteiger partial charge in [-0.25, -0.2) is 22.4 Å². The molecule has 10 heteroatoms. The molecule has 0 aliphatic carbocycles. The Morgan fingerprint density at radius 3 is 2.52 bits per heavy atom. The maximum Gasteiger partial charge on any atom is 0.416 e. The monoisotopic (exact) mass is 485 g/mol. The van der Waals surface area contributed by atoms with E-state index in [1.807, 2.05) is 43.3 Å². The number of rotatable bonds is 6. The van der Waals surface area contributed by atoms with E-state index in [2.05, 4.69) is 5.32 Å². The number of carbonyl (C=O) groups excluding carboxylic acids is 2. The highest BCUT2D eigenvalue weighted by Gasteiger charge is 2.49. The molecule has 2 aromatic carbocycles. The van der Waals surface area contributed by atoms with Gasteiger partial charge in [0, 0.05) is 0 Å². The van der Waals surface area contributed by atoms with Crippen LogP contribution in [0.5, 0.6) is 0 Å². The number of imide groups is 1. The van der Waals surface area contributed by atoms with E-state index in [-0.39, 0.29) is 29.6 Å². The molecule has 2 aromatic rings. The molecule has 2 fully saturated rings. The van der Waals surface area contributed by atoms with Crippen molar-refractivity contribution < 1.29 is 22.7 Å². The first-order valence-electron chi connectivity index (χ1n) is 10.4. The van der Waals surface area contributed by atoms with Crippen molar-refractivity contribution in [3.05, 3.63) is 71.8 Å². The Balaban J connectivity index is 1.68. The highest BCUT2D eigenvalue weighted by atomic mass is 32.2. The summed E-state index contributed by atoms with van der Waals surface area (Å²) in [5.41, 5.74) is 1.85. The predicted octanol–water partition coefficient (Wildman–Crippen LogP) is 2.69. The van der Waals surface area contributed by atoms with Crippen LogP contribution in [0.25, 0.3) is 6.08 Å². The summed E-state index contributed by atoms with van der Waals surface area (Å²) in [7, 11) is -4.04. The molecule has 2 atom stereocenters. The molecule has 0 spiro atoms. The molecule has 172 valence electrons. The zero-order valence-electron chi connectivity index (χ0n) is 17.9. The van der Waals surface area contributed by atoms with E-state index in [9.17, 15) is 18.0 Å². The average Bonchev–Trinajstić information content (AvgIpc) is 3.37. The van der Waals surface area contributed by atoms with E-state index in [0.717, 1.165) is 20.3 Å². The van der Waals surface area contributed by atoms with E-state index in [1.165, 1.54) is 12.1 Å². The fourth-order valence-corrected chi connectivity index (χ4v) is 5.92. The maximum atomic E-state index is 13.5. The second kappa shape index (κ2) is 9.32. The zero-order chi connectivity index (χ0) is 23.6. The molecule has 2 saturated heterocycles. The Morgan fingerprint density at radius 1 is 1.18 bits per heavy atom. The summed E-state index contributed by atoms with van der Waals surface area (Å²) < 4.78 is 33.0. The van der Waals surface area contributed by atoms with Crippen LogP contribution >= 0.6 is 12.2 Å². The zero-order valence-corrected chi connectivity index (χ0v) is 19.5. The molecule has 4 rings (SSSR count). The van der Waals surface area contributed by atoms with Gasteiger partial charge in [0.15, 0.2) is 5.11 Å². The average molecular weight is 486 g/mol. The van der Waals surface area contributed by atoms with Crippen LogP contribution in [0, 0.1) is 6.92 Å². The predicted molar refractivity (Wildman–Crippen MR) is 127 cm³/mol. The molecule has 33 heavy (non-hydrogen) atoms. The minimum atomic E-state index is -4.04. The number of aryl methyl sites for hydroxylation is 1. The van der Waals surface area contributed by atoms with Crippen molar-refractivity contribution in [2.45, 2.75) is 30.3 Å². The second-order valence-corrected chi connectivity index (χ2v) is 9.96. The van der Waals surface area contributed by atoms with Crippen LogP contribution in [0.4, 0.5) is 4.79 Å². The number of hydrogen-bond acceptors (Lipinski definition) is 6. The fraction of sp³-hybridized carbons (Fsp3) is 0.261. The van der Waals surface area contributed by atoms with Crippen LogP contribution in [0.1, 0.15) is 17.5 Å². The normalized spacial score (nSPS) is 20.9. The van der Waals surface area contributed by atoms with E-state index in [0.29, 0.717) is 0 Å². The summed E-state index contributed by atoms with van der Waals surface area (Å²) in [5, 5.41) is 2.75. The second-order valence-electron chi connectivity index (χ2n) is 7.76. The first-order valence-corrected chi connectivity index (χ1v) is 12.3. The number of nitrogens with zero attached hydrogens (tertiary/aromatic N) is 2. The van der Waals surface area contributed by atoms with E-state index in [1.54, 1.807) is 18.2 Å². The number of ether oxygens (including phenoxy) is 1. The van der Waals surface area contributed by atoms with Crippen molar-refractivity contribution in [2.75, 3.05) is 13.2 Å². The van der Waals surface area contributed by atoms with Crippen LogP contribution in [0.2, 0.25) is 0 Å². The van der Waals surface area contributed by atoms with Gasteiger partial charge in [-0.2, -0.15) is 0 Å². The molecular formula is C23H23N3O5S2. The molecular weight excluding hydrogens is 462 g/mol. The van der Waals surface area contributed by atoms with Gasteiger partial charge in [0.25, 0.3) is 15.9 Å². The quantitative estimate of drug-likeness (QED) is 0.629. The molecule has 0 saturated carbocycles. The third-order valence-corrected chi connectivity index (χ3v) is 7.79. The van der Waals surface area contributed by atoms with Gasteiger partial charge in [-0.15, -0.1) is 0 Å². The number of amides is 2. The number of hydrogen-bond donors (Lipinski definition) is 1. The van der Waals surface area contributed by atoms with Crippen molar-refractivity contribution in [3.8, 4) is 0 Å². The van der Waals surface area contributed by atoms with Gasteiger partial charge in [0.05, 0.1) is 17.5 Å². The summed E-state index contributed by atoms with van der Waals surface area (Å²) in [6.07, 6.45) is 3.11. The smallest absolute Gasteiger partial charge is 0.416 e. The number of sulfonamides is 1. The lowest BCUT2D eigenvalue weighted by Gasteiger charge is -2.26. The van der Waals surface area contributed by atoms with Crippen LogP contribution in [0.15, 0.2) is 65.6 Å². The topological polar surface area (TPSA) is 96.0 Å². The van der Waals surface area contributed by atoms with Gasteiger partial charge in [0.2, 0.25) is 0 Å². The van der Waals surface area contributed by atoms with Crippen molar-refractivity contribution in [1.29, 1.82) is 0 Å². The molecule has 0 bridgehead atoms. The lowest BCUT2D eigenvalue weighted by molar-refractivity contribution is -0.130. The standard InChI is InChI=1S/C23H23N3O5S2/c1-16-10-12-18(13-11-16)33(29,30)26-19(9-5-8-17-6-3-2-4-7-17)20(24-22(26)32)21(27)25-14-15-31-23(25)28/h2-8,10-13,19-20H,9,14-15H2,1H3,(H,24,32)/b8-5+/t19-,20-/m0/s1. The van der Waals surface area contributed by atoms with Crippen molar-refractivity contribution in [1.82, 2.24) is 14.5 Å². The highest BCUT2D eigenvalue weighted by molar-refractivity contribution is 7.91. The van der Waals surface area contributed by atoms with Gasteiger partial charge >= 0.3 is 6.09 Å². The molecule has 8 nitrogen and oxygen atoms in total.